The minimum absolute atomic E-state index is 0.654. The van der Waals surface area contributed by atoms with Gasteiger partial charge in [0, 0.05) is 5.33 Å². The summed E-state index contributed by atoms with van der Waals surface area (Å²) < 4.78 is 0. The van der Waals surface area contributed by atoms with Crippen molar-refractivity contribution < 1.29 is 5.11 Å². The second kappa shape index (κ2) is 5.48. The van der Waals surface area contributed by atoms with Crippen LogP contribution in [0.2, 0.25) is 0 Å². The molecule has 2 rings (SSSR count). The highest BCUT2D eigenvalue weighted by Crippen LogP contribution is 2.33. The van der Waals surface area contributed by atoms with E-state index in [1.807, 2.05) is 60.7 Å². The predicted molar refractivity (Wildman–Crippen MR) is 74.3 cm³/mol. The van der Waals surface area contributed by atoms with Crippen molar-refractivity contribution in [2.24, 2.45) is 0 Å². The van der Waals surface area contributed by atoms with E-state index in [9.17, 15) is 5.11 Å². The van der Waals surface area contributed by atoms with Gasteiger partial charge in [-0.1, -0.05) is 76.6 Å². The van der Waals surface area contributed by atoms with Crippen molar-refractivity contribution in [3.8, 4) is 0 Å². The molecule has 0 heterocycles. The van der Waals surface area contributed by atoms with Crippen molar-refractivity contribution in [1.29, 1.82) is 0 Å². The Morgan fingerprint density at radius 1 is 0.824 bits per heavy atom. The van der Waals surface area contributed by atoms with E-state index in [0.29, 0.717) is 6.42 Å². The lowest BCUT2D eigenvalue weighted by atomic mass is 9.84. The zero-order valence-electron chi connectivity index (χ0n) is 9.51. The standard InChI is InChI=1S/C15H15BrO/c16-12-11-15(17,13-7-3-1-4-8-13)14-9-5-2-6-10-14/h1-10,17H,11-12H2. The van der Waals surface area contributed by atoms with Gasteiger partial charge in [0.2, 0.25) is 0 Å². The van der Waals surface area contributed by atoms with Gasteiger partial charge in [-0.3, -0.25) is 0 Å². The van der Waals surface area contributed by atoms with Crippen LogP contribution in [-0.4, -0.2) is 10.4 Å². The summed E-state index contributed by atoms with van der Waals surface area (Å²) in [5.74, 6) is 0. The molecule has 0 unspecified atom stereocenters. The zero-order valence-corrected chi connectivity index (χ0v) is 11.1. The quantitative estimate of drug-likeness (QED) is 0.851. The van der Waals surface area contributed by atoms with E-state index in [1.165, 1.54) is 0 Å². The van der Waals surface area contributed by atoms with E-state index in [-0.39, 0.29) is 0 Å². The minimum atomic E-state index is -0.911. The van der Waals surface area contributed by atoms with Gasteiger partial charge >= 0.3 is 0 Å². The molecule has 0 atom stereocenters. The smallest absolute Gasteiger partial charge is 0.115 e. The van der Waals surface area contributed by atoms with E-state index >= 15 is 0 Å². The summed E-state index contributed by atoms with van der Waals surface area (Å²) in [7, 11) is 0. The monoisotopic (exact) mass is 290 g/mol. The van der Waals surface area contributed by atoms with Crippen molar-refractivity contribution in [1.82, 2.24) is 0 Å². The van der Waals surface area contributed by atoms with Gasteiger partial charge in [0.25, 0.3) is 0 Å². The Morgan fingerprint density at radius 3 is 1.59 bits per heavy atom. The third kappa shape index (κ3) is 2.59. The van der Waals surface area contributed by atoms with Crippen molar-refractivity contribution in [2.45, 2.75) is 12.0 Å². The Hall–Kier alpha value is -1.12. The molecule has 0 aromatic heterocycles. The van der Waals surface area contributed by atoms with Crippen molar-refractivity contribution in [3.05, 3.63) is 71.8 Å². The van der Waals surface area contributed by atoms with Gasteiger partial charge in [0.1, 0.15) is 5.60 Å². The van der Waals surface area contributed by atoms with Gasteiger partial charge in [0.05, 0.1) is 0 Å². The lowest BCUT2D eigenvalue weighted by Crippen LogP contribution is -2.27. The summed E-state index contributed by atoms with van der Waals surface area (Å²) in [5, 5.41) is 11.7. The van der Waals surface area contributed by atoms with Crippen LogP contribution in [0.4, 0.5) is 0 Å². The van der Waals surface area contributed by atoms with Crippen LogP contribution in [0.1, 0.15) is 17.5 Å². The molecule has 1 N–H and O–H groups in total. The van der Waals surface area contributed by atoms with Crippen molar-refractivity contribution in [3.63, 3.8) is 0 Å². The van der Waals surface area contributed by atoms with E-state index in [2.05, 4.69) is 15.9 Å². The average Bonchev–Trinajstić information content (AvgIpc) is 2.41. The average molecular weight is 291 g/mol. The van der Waals surface area contributed by atoms with E-state index < -0.39 is 5.60 Å². The van der Waals surface area contributed by atoms with Crippen molar-refractivity contribution in [2.75, 3.05) is 5.33 Å². The molecule has 2 aromatic carbocycles. The molecule has 0 saturated heterocycles. The second-order valence-corrected chi connectivity index (χ2v) is 4.82. The first-order valence-corrected chi connectivity index (χ1v) is 6.79. The van der Waals surface area contributed by atoms with E-state index in [0.717, 1.165) is 16.5 Å². The Morgan fingerprint density at radius 2 is 1.24 bits per heavy atom. The second-order valence-electron chi connectivity index (χ2n) is 4.03. The summed E-state index contributed by atoms with van der Waals surface area (Å²) in [4.78, 5) is 0. The number of aliphatic hydroxyl groups is 1. The molecular weight excluding hydrogens is 276 g/mol. The first-order chi connectivity index (χ1) is 8.27. The molecule has 0 saturated carbocycles. The van der Waals surface area contributed by atoms with Crippen LogP contribution < -0.4 is 0 Å². The van der Waals surface area contributed by atoms with Crippen LogP contribution in [0.3, 0.4) is 0 Å². The lowest BCUT2D eigenvalue weighted by molar-refractivity contribution is 0.0782. The molecule has 0 spiro atoms. The molecule has 1 nitrogen and oxygen atoms in total. The Kier molecular flexibility index (Phi) is 3.97. The maximum absolute atomic E-state index is 10.9. The number of rotatable bonds is 4. The summed E-state index contributed by atoms with van der Waals surface area (Å²) in [6.45, 7) is 0. The van der Waals surface area contributed by atoms with Gasteiger partial charge in [-0.05, 0) is 17.5 Å². The highest BCUT2D eigenvalue weighted by molar-refractivity contribution is 9.09. The normalized spacial score (nSPS) is 11.4. The van der Waals surface area contributed by atoms with Crippen LogP contribution in [0.5, 0.6) is 0 Å². The first-order valence-electron chi connectivity index (χ1n) is 5.67. The molecule has 0 aliphatic heterocycles. The molecule has 0 amide bonds. The highest BCUT2D eigenvalue weighted by Gasteiger charge is 2.30. The molecule has 2 aromatic rings. The van der Waals surface area contributed by atoms with Gasteiger partial charge < -0.3 is 5.11 Å². The number of alkyl halides is 1. The third-order valence-electron chi connectivity index (χ3n) is 2.96. The largest absolute Gasteiger partial charge is 0.380 e. The topological polar surface area (TPSA) is 20.2 Å². The zero-order chi connectivity index (χ0) is 12.1. The van der Waals surface area contributed by atoms with E-state index in [4.69, 9.17) is 0 Å². The highest BCUT2D eigenvalue weighted by atomic mass is 79.9. The van der Waals surface area contributed by atoms with Crippen LogP contribution >= 0.6 is 15.9 Å². The molecule has 17 heavy (non-hydrogen) atoms. The van der Waals surface area contributed by atoms with Crippen LogP contribution in [0.15, 0.2) is 60.7 Å². The van der Waals surface area contributed by atoms with Gasteiger partial charge in [-0.25, -0.2) is 0 Å². The fourth-order valence-electron chi connectivity index (χ4n) is 2.02. The van der Waals surface area contributed by atoms with Gasteiger partial charge in [-0.2, -0.15) is 0 Å². The van der Waals surface area contributed by atoms with E-state index in [1.54, 1.807) is 0 Å². The summed E-state index contributed by atoms with van der Waals surface area (Å²) >= 11 is 3.42. The van der Waals surface area contributed by atoms with Crippen molar-refractivity contribution >= 4 is 15.9 Å². The molecule has 88 valence electrons. The summed E-state index contributed by atoms with van der Waals surface area (Å²) in [6.07, 6.45) is 0.654. The lowest BCUT2D eigenvalue weighted by Gasteiger charge is -2.28. The maximum atomic E-state index is 10.9. The van der Waals surface area contributed by atoms with Crippen LogP contribution in [0.25, 0.3) is 0 Å². The maximum Gasteiger partial charge on any atom is 0.115 e. The molecule has 0 fully saturated rings. The number of hydrogen-bond acceptors (Lipinski definition) is 1. The molecule has 0 aliphatic carbocycles. The molecule has 2 heteroatoms. The molecular formula is C15H15BrO. The summed E-state index contributed by atoms with van der Waals surface area (Å²) in [6, 6.07) is 19.6. The Balaban J connectivity index is 2.47. The molecule has 0 radical (unpaired) electrons. The van der Waals surface area contributed by atoms with Crippen LogP contribution in [-0.2, 0) is 5.60 Å². The Bertz CT molecular complexity index is 413. The SMILES string of the molecule is OC(CCBr)(c1ccccc1)c1ccccc1. The number of benzene rings is 2. The summed E-state index contributed by atoms with van der Waals surface area (Å²) in [5.41, 5.74) is 0.961. The van der Waals surface area contributed by atoms with Gasteiger partial charge in [-0.15, -0.1) is 0 Å². The third-order valence-corrected chi connectivity index (χ3v) is 3.36. The van der Waals surface area contributed by atoms with Crippen LogP contribution in [0, 0.1) is 0 Å². The number of hydrogen-bond donors (Lipinski definition) is 1. The fourth-order valence-corrected chi connectivity index (χ4v) is 2.59. The first kappa shape index (κ1) is 12.3. The predicted octanol–water partition coefficient (Wildman–Crippen LogP) is 3.71. The molecule has 0 aliphatic rings. The Labute approximate surface area is 110 Å². The van der Waals surface area contributed by atoms with Gasteiger partial charge in [0.15, 0.2) is 0 Å². The molecule has 0 bridgehead atoms. The number of halogens is 1. The minimum Gasteiger partial charge on any atom is -0.380 e. The fraction of sp³-hybridized carbons (Fsp3) is 0.200.